The van der Waals surface area contributed by atoms with Gasteiger partial charge in [0.2, 0.25) is 0 Å². The van der Waals surface area contributed by atoms with E-state index in [2.05, 4.69) is 13.2 Å². The van der Waals surface area contributed by atoms with Gasteiger partial charge in [0.25, 0.3) is 6.43 Å². The van der Waals surface area contributed by atoms with E-state index in [9.17, 15) is 26.3 Å². The van der Waals surface area contributed by atoms with Gasteiger partial charge in [0.05, 0.1) is 11.1 Å². The molecule has 1 aromatic carbocycles. The summed E-state index contributed by atoms with van der Waals surface area (Å²) in [6.45, 7) is 18.7. The first kappa shape index (κ1) is 29.8. The Kier molecular flexibility index (Phi) is 16.7. The third-order valence-electron chi connectivity index (χ3n) is 2.99. The molecule has 0 radical (unpaired) electrons. The average Bonchev–Trinajstić information content (AvgIpc) is 2.60. The minimum absolute atomic E-state index is 0.0137. The predicted octanol–water partition coefficient (Wildman–Crippen LogP) is 8.61. The first-order valence-electron chi connectivity index (χ1n) is 8.53. The summed E-state index contributed by atoms with van der Waals surface area (Å²) in [5, 5.41) is 0. The fourth-order valence-corrected chi connectivity index (χ4v) is 1.58. The number of halogens is 6. The summed E-state index contributed by atoms with van der Waals surface area (Å²) in [6, 6.07) is 4.19. The van der Waals surface area contributed by atoms with Gasteiger partial charge in [-0.1, -0.05) is 59.1 Å². The second-order valence-corrected chi connectivity index (χ2v) is 4.80. The van der Waals surface area contributed by atoms with Gasteiger partial charge in [0, 0.05) is 0 Å². The fourth-order valence-electron chi connectivity index (χ4n) is 1.58. The molecule has 0 nitrogen and oxygen atoms in total. The van der Waals surface area contributed by atoms with Gasteiger partial charge in [-0.3, -0.25) is 0 Å². The molecule has 0 bridgehead atoms. The van der Waals surface area contributed by atoms with Crippen molar-refractivity contribution in [2.45, 2.75) is 61.1 Å². The molecule has 0 aliphatic heterocycles. The van der Waals surface area contributed by atoms with Crippen molar-refractivity contribution >= 4 is 0 Å². The molecule has 156 valence electrons. The van der Waals surface area contributed by atoms with Crippen LogP contribution >= 0.6 is 0 Å². The third-order valence-corrected chi connectivity index (χ3v) is 2.99. The second-order valence-electron chi connectivity index (χ2n) is 4.80. The van der Waals surface area contributed by atoms with Gasteiger partial charge in [-0.15, -0.1) is 0 Å². The summed E-state index contributed by atoms with van der Waals surface area (Å²) >= 11 is 0. The molecular weight excluding hydrogens is 366 g/mol. The highest BCUT2D eigenvalue weighted by molar-refractivity contribution is 5.35. The lowest BCUT2D eigenvalue weighted by Gasteiger charge is -2.11. The molecule has 0 unspecified atom stereocenters. The normalized spacial score (nSPS) is 10.9. The summed E-state index contributed by atoms with van der Waals surface area (Å²) in [5.41, 5.74) is -0.268. The van der Waals surface area contributed by atoms with Crippen LogP contribution in [0.2, 0.25) is 0 Å². The van der Waals surface area contributed by atoms with Crippen molar-refractivity contribution in [3.05, 3.63) is 71.1 Å². The lowest BCUT2D eigenvalue weighted by Crippen LogP contribution is -2.07. The average molecular weight is 396 g/mol. The van der Waals surface area contributed by atoms with Gasteiger partial charge in [-0.05, 0) is 43.5 Å². The van der Waals surface area contributed by atoms with Crippen LogP contribution in [0.15, 0.2) is 54.4 Å². The number of aryl methyl sites for hydroxylation is 1. The van der Waals surface area contributed by atoms with Crippen molar-refractivity contribution in [1.82, 2.24) is 0 Å². The molecule has 0 N–H and O–H groups in total. The van der Waals surface area contributed by atoms with Gasteiger partial charge >= 0.3 is 6.18 Å². The van der Waals surface area contributed by atoms with Crippen LogP contribution in [0.4, 0.5) is 26.3 Å². The molecule has 1 rings (SSSR count). The van der Waals surface area contributed by atoms with Crippen LogP contribution < -0.4 is 0 Å². The van der Waals surface area contributed by atoms with Gasteiger partial charge in [0.1, 0.15) is 5.83 Å². The lowest BCUT2D eigenvalue weighted by molar-refractivity contribution is -0.138. The van der Waals surface area contributed by atoms with Gasteiger partial charge < -0.3 is 0 Å². The first-order chi connectivity index (χ1) is 12.4. The van der Waals surface area contributed by atoms with Gasteiger partial charge in [-0.25, -0.2) is 13.2 Å². The van der Waals surface area contributed by atoms with Crippen LogP contribution in [-0.2, 0) is 6.18 Å². The SMILES string of the molecule is C=C/C(=C(/F)C(=C)C)C(F)F.CC.CC.Cc1cccc(C(F)(F)F)c1C. The maximum absolute atomic E-state index is 12.7. The zero-order valence-electron chi connectivity index (χ0n) is 17.1. The number of hydrogen-bond acceptors (Lipinski definition) is 0. The Morgan fingerprint density at radius 3 is 1.70 bits per heavy atom. The van der Waals surface area contributed by atoms with Gasteiger partial charge in [-0.2, -0.15) is 13.2 Å². The summed E-state index contributed by atoms with van der Waals surface area (Å²) in [7, 11) is 0. The quantitative estimate of drug-likeness (QED) is 0.354. The molecule has 0 saturated heterocycles. The Balaban J connectivity index is -0.000000361. The van der Waals surface area contributed by atoms with Crippen molar-refractivity contribution in [2.75, 3.05) is 0 Å². The van der Waals surface area contributed by atoms with Crippen LogP contribution in [0.5, 0.6) is 0 Å². The molecule has 0 fully saturated rings. The summed E-state index contributed by atoms with van der Waals surface area (Å²) in [5.74, 6) is -0.977. The summed E-state index contributed by atoms with van der Waals surface area (Å²) < 4.78 is 73.2. The number of benzene rings is 1. The zero-order valence-corrected chi connectivity index (χ0v) is 17.1. The van der Waals surface area contributed by atoms with Crippen LogP contribution in [0, 0.1) is 13.8 Å². The molecule has 1 aromatic rings. The summed E-state index contributed by atoms with van der Waals surface area (Å²) in [4.78, 5) is 0. The maximum atomic E-state index is 12.7. The highest BCUT2D eigenvalue weighted by atomic mass is 19.4. The number of hydrogen-bond donors (Lipinski definition) is 0. The monoisotopic (exact) mass is 396 g/mol. The minimum atomic E-state index is -4.23. The zero-order chi connectivity index (χ0) is 22.4. The molecule has 0 heterocycles. The van der Waals surface area contributed by atoms with Crippen LogP contribution in [0.3, 0.4) is 0 Å². The maximum Gasteiger partial charge on any atom is 0.416 e. The molecule has 27 heavy (non-hydrogen) atoms. The van der Waals surface area contributed by atoms with Crippen molar-refractivity contribution in [1.29, 1.82) is 0 Å². The largest absolute Gasteiger partial charge is 0.416 e. The van der Waals surface area contributed by atoms with E-state index >= 15 is 0 Å². The molecule has 0 saturated carbocycles. The molecule has 0 atom stereocenters. The molecule has 0 spiro atoms. The predicted molar refractivity (Wildman–Crippen MR) is 103 cm³/mol. The van der Waals surface area contributed by atoms with Crippen molar-refractivity contribution in [3.8, 4) is 0 Å². The Labute approximate surface area is 159 Å². The third kappa shape index (κ3) is 11.4. The Hall–Kier alpha value is -1.98. The minimum Gasteiger partial charge on any atom is -0.206 e. The van der Waals surface area contributed by atoms with Crippen molar-refractivity contribution in [2.24, 2.45) is 0 Å². The van der Waals surface area contributed by atoms with E-state index in [1.54, 1.807) is 13.0 Å². The lowest BCUT2D eigenvalue weighted by atomic mass is 10.0. The van der Waals surface area contributed by atoms with E-state index in [1.807, 2.05) is 27.7 Å². The van der Waals surface area contributed by atoms with Crippen molar-refractivity contribution < 1.29 is 26.3 Å². The molecular formula is C21H30F6. The van der Waals surface area contributed by atoms with E-state index in [0.29, 0.717) is 11.1 Å². The molecule has 6 heteroatoms. The fraction of sp³-hybridized carbons (Fsp3) is 0.429. The van der Waals surface area contributed by atoms with E-state index in [0.717, 1.165) is 12.1 Å². The van der Waals surface area contributed by atoms with Gasteiger partial charge in [0.15, 0.2) is 0 Å². The number of alkyl halides is 5. The number of rotatable bonds is 3. The van der Waals surface area contributed by atoms with Crippen LogP contribution in [0.25, 0.3) is 0 Å². The van der Waals surface area contributed by atoms with E-state index in [4.69, 9.17) is 0 Å². The Morgan fingerprint density at radius 1 is 1.04 bits per heavy atom. The highest BCUT2D eigenvalue weighted by Crippen LogP contribution is 2.32. The Bertz CT molecular complexity index is 595. The standard InChI is InChI=1S/C9H9F3.C8H9F3.2C2H6/c1-6-4-3-5-8(7(6)2)9(10,11)12;1-4-6(8(10)11)7(9)5(2)3;2*1-2/h3-5H,1-2H3;4,8H,1-2H2,3H3;2*1-2H3/b;7-6-;;. The Morgan fingerprint density at radius 2 is 1.48 bits per heavy atom. The first-order valence-corrected chi connectivity index (χ1v) is 8.53. The van der Waals surface area contributed by atoms with E-state index in [-0.39, 0.29) is 5.57 Å². The van der Waals surface area contributed by atoms with Crippen LogP contribution in [-0.4, -0.2) is 6.43 Å². The summed E-state index contributed by atoms with van der Waals surface area (Å²) in [6.07, 6.45) is -6.26. The number of allylic oxidation sites excluding steroid dienone is 4. The topological polar surface area (TPSA) is 0 Å². The molecule has 0 amide bonds. The van der Waals surface area contributed by atoms with Crippen LogP contribution in [0.1, 0.15) is 51.3 Å². The molecule has 0 aromatic heterocycles. The van der Waals surface area contributed by atoms with Crippen molar-refractivity contribution in [3.63, 3.8) is 0 Å². The smallest absolute Gasteiger partial charge is 0.206 e. The van der Waals surface area contributed by atoms with E-state index < -0.39 is 29.6 Å². The second kappa shape index (κ2) is 15.1. The van der Waals surface area contributed by atoms with E-state index in [1.165, 1.54) is 19.9 Å². The molecule has 0 aliphatic rings. The molecule has 0 aliphatic carbocycles. The highest BCUT2D eigenvalue weighted by Gasteiger charge is 2.32.